The molecule has 5 aromatic rings. The van der Waals surface area contributed by atoms with E-state index in [1.54, 1.807) is 26.5 Å². The first kappa shape index (κ1) is 21.6. The van der Waals surface area contributed by atoms with E-state index in [9.17, 15) is 0 Å². The maximum absolute atomic E-state index is 6.29. The van der Waals surface area contributed by atoms with Crippen LogP contribution in [0.5, 0.6) is 11.5 Å². The number of methoxy groups -OCH3 is 2. The molecule has 0 amide bonds. The zero-order valence-electron chi connectivity index (χ0n) is 18.4. The van der Waals surface area contributed by atoms with Crippen molar-refractivity contribution in [2.75, 3.05) is 19.5 Å². The molecule has 0 aliphatic rings. The lowest BCUT2D eigenvalue weighted by Gasteiger charge is -2.14. The van der Waals surface area contributed by atoms with Crippen LogP contribution in [0.15, 0.2) is 67.1 Å². The predicted octanol–water partition coefficient (Wildman–Crippen LogP) is 4.56. The molecule has 2 aromatic heterocycles. The summed E-state index contributed by atoms with van der Waals surface area (Å²) in [7, 11) is 3.27. The van der Waals surface area contributed by atoms with E-state index in [2.05, 4.69) is 30.9 Å². The lowest BCUT2D eigenvalue weighted by Crippen LogP contribution is -2.04. The highest BCUT2D eigenvalue weighted by Gasteiger charge is 2.13. The zero-order valence-corrected chi connectivity index (χ0v) is 19.2. The van der Waals surface area contributed by atoms with Crippen LogP contribution in [-0.4, -0.2) is 44.6 Å². The highest BCUT2D eigenvalue weighted by Crippen LogP contribution is 2.33. The topological polar surface area (TPSA) is 99.9 Å². The van der Waals surface area contributed by atoms with Crippen molar-refractivity contribution in [2.24, 2.45) is 0 Å². The van der Waals surface area contributed by atoms with Crippen LogP contribution in [0.2, 0.25) is 5.02 Å². The highest BCUT2D eigenvalue weighted by molar-refractivity contribution is 6.31. The number of rotatable bonds is 7. The van der Waals surface area contributed by atoms with Gasteiger partial charge in [-0.3, -0.25) is 0 Å². The third-order valence-corrected chi connectivity index (χ3v) is 5.67. The third-order valence-electron chi connectivity index (χ3n) is 5.44. The molecule has 3 aromatic carbocycles. The molecule has 0 saturated heterocycles. The number of hydrogen-bond donors (Lipinski definition) is 1. The monoisotopic (exact) mass is 473 g/mol. The normalized spacial score (nSPS) is 10.9. The smallest absolute Gasteiger partial charge is 0.162 e. The van der Waals surface area contributed by atoms with Crippen molar-refractivity contribution in [1.82, 2.24) is 30.4 Å². The zero-order chi connectivity index (χ0) is 23.5. The van der Waals surface area contributed by atoms with Crippen LogP contribution in [0.25, 0.3) is 27.7 Å². The number of nitrogens with zero attached hydrogens (tertiary/aromatic N) is 6. The number of ether oxygens (including phenoxy) is 2. The second-order valence-electron chi connectivity index (χ2n) is 7.41. The average Bonchev–Trinajstić information content (AvgIpc) is 3.41. The Labute approximate surface area is 200 Å². The van der Waals surface area contributed by atoms with Crippen LogP contribution in [0.3, 0.4) is 0 Å². The number of fused-ring (bicyclic) bond motifs is 1. The van der Waals surface area contributed by atoms with Crippen molar-refractivity contribution in [3.63, 3.8) is 0 Å². The summed E-state index contributed by atoms with van der Waals surface area (Å²) >= 11 is 6.29. The molecule has 0 radical (unpaired) electrons. The summed E-state index contributed by atoms with van der Waals surface area (Å²) in [5.41, 5.74) is 5.12. The Kier molecular flexibility index (Phi) is 5.92. The second-order valence-corrected chi connectivity index (χ2v) is 7.84. The molecule has 170 valence electrons. The fraction of sp³-hybridized carbons (Fsp3) is 0.125. The van der Waals surface area contributed by atoms with Crippen molar-refractivity contribution in [1.29, 1.82) is 0 Å². The van der Waals surface area contributed by atoms with Crippen LogP contribution < -0.4 is 14.8 Å². The van der Waals surface area contributed by atoms with Gasteiger partial charge >= 0.3 is 0 Å². The Morgan fingerprint density at radius 2 is 1.88 bits per heavy atom. The molecule has 34 heavy (non-hydrogen) atoms. The molecule has 0 bridgehead atoms. The summed E-state index contributed by atoms with van der Waals surface area (Å²) in [6.45, 7) is 0.548. The van der Waals surface area contributed by atoms with Gasteiger partial charge < -0.3 is 14.8 Å². The van der Waals surface area contributed by atoms with Gasteiger partial charge in [-0.2, -0.15) is 10.2 Å². The lowest BCUT2D eigenvalue weighted by atomic mass is 10.0. The standard InChI is InChI=1S/C24H20ClN7O2/c1-33-18-6-3-16(24(11-18)34-2)12-26-22-13-27-30-21-9-15(4-7-19(21)22)20-10-17(25)5-8-23(20)32-29-14-28-31-32/h3-11,13-14H,12H2,1-2H3,(H,26,30). The summed E-state index contributed by atoms with van der Waals surface area (Å²) in [6.07, 6.45) is 3.10. The Balaban J connectivity index is 1.48. The van der Waals surface area contributed by atoms with E-state index >= 15 is 0 Å². The Morgan fingerprint density at radius 3 is 2.68 bits per heavy atom. The van der Waals surface area contributed by atoms with E-state index < -0.39 is 0 Å². The van der Waals surface area contributed by atoms with Crippen molar-refractivity contribution < 1.29 is 9.47 Å². The number of anilines is 1. The number of aromatic nitrogens is 6. The molecule has 0 spiro atoms. The molecule has 5 rings (SSSR count). The molecule has 9 nitrogen and oxygen atoms in total. The molecule has 0 atom stereocenters. The van der Waals surface area contributed by atoms with Gasteiger partial charge in [0, 0.05) is 34.1 Å². The van der Waals surface area contributed by atoms with E-state index in [1.165, 1.54) is 11.1 Å². The summed E-state index contributed by atoms with van der Waals surface area (Å²) in [6, 6.07) is 17.2. The van der Waals surface area contributed by atoms with Crippen molar-refractivity contribution >= 4 is 28.2 Å². The molecule has 0 aliphatic heterocycles. The van der Waals surface area contributed by atoms with Crippen molar-refractivity contribution in [3.8, 4) is 28.3 Å². The first-order chi connectivity index (χ1) is 16.7. The largest absolute Gasteiger partial charge is 0.497 e. The maximum Gasteiger partial charge on any atom is 0.162 e. The summed E-state index contributed by atoms with van der Waals surface area (Å²) < 4.78 is 10.8. The van der Waals surface area contributed by atoms with Crippen LogP contribution >= 0.6 is 11.6 Å². The van der Waals surface area contributed by atoms with E-state index in [0.29, 0.717) is 11.6 Å². The molecule has 0 saturated carbocycles. The number of tetrazole rings is 1. The van der Waals surface area contributed by atoms with Crippen molar-refractivity contribution in [2.45, 2.75) is 6.54 Å². The average molecular weight is 474 g/mol. The number of benzene rings is 3. The number of halogens is 1. The van der Waals surface area contributed by atoms with Gasteiger partial charge in [-0.05, 0) is 53.2 Å². The summed E-state index contributed by atoms with van der Waals surface area (Å²) in [5, 5.41) is 25.5. The minimum absolute atomic E-state index is 0.548. The van der Waals surface area contributed by atoms with Gasteiger partial charge in [-0.25, -0.2) is 0 Å². The molecule has 2 heterocycles. The van der Waals surface area contributed by atoms with Crippen LogP contribution in [0.4, 0.5) is 5.69 Å². The quantitative estimate of drug-likeness (QED) is 0.367. The molecule has 0 unspecified atom stereocenters. The molecule has 10 heteroatoms. The number of hydrogen-bond acceptors (Lipinski definition) is 8. The molecular weight excluding hydrogens is 454 g/mol. The van der Waals surface area contributed by atoms with Gasteiger partial charge in [-0.1, -0.05) is 17.7 Å². The summed E-state index contributed by atoms with van der Waals surface area (Å²) in [5.74, 6) is 1.49. The number of nitrogens with one attached hydrogen (secondary N) is 1. The Hall–Kier alpha value is -4.24. The van der Waals surface area contributed by atoms with Crippen LogP contribution in [-0.2, 0) is 6.54 Å². The Morgan fingerprint density at radius 1 is 0.971 bits per heavy atom. The highest BCUT2D eigenvalue weighted by atomic mass is 35.5. The molecule has 0 fully saturated rings. The fourth-order valence-corrected chi connectivity index (χ4v) is 3.92. The maximum atomic E-state index is 6.29. The minimum Gasteiger partial charge on any atom is -0.497 e. The SMILES string of the molecule is COc1ccc(CNc2cnnc3cc(-c4cc(Cl)ccc4-n4ncnn4)ccc23)c(OC)c1. The van der Waals surface area contributed by atoms with Crippen LogP contribution in [0, 0.1) is 0 Å². The molecule has 0 aliphatic carbocycles. The van der Waals surface area contributed by atoms with E-state index in [1.807, 2.05) is 48.5 Å². The second kappa shape index (κ2) is 9.32. The summed E-state index contributed by atoms with van der Waals surface area (Å²) in [4.78, 5) is 1.46. The predicted molar refractivity (Wildman–Crippen MR) is 130 cm³/mol. The fourth-order valence-electron chi connectivity index (χ4n) is 3.75. The van der Waals surface area contributed by atoms with Gasteiger partial charge in [0.2, 0.25) is 0 Å². The Bertz CT molecular complexity index is 1460. The molecular formula is C24H20ClN7O2. The molecule has 1 N–H and O–H groups in total. The van der Waals surface area contributed by atoms with E-state index in [0.717, 1.165) is 50.5 Å². The lowest BCUT2D eigenvalue weighted by molar-refractivity contribution is 0.391. The van der Waals surface area contributed by atoms with Crippen molar-refractivity contribution in [3.05, 3.63) is 77.7 Å². The van der Waals surface area contributed by atoms with Gasteiger partial charge in [0.1, 0.15) is 11.5 Å². The minimum atomic E-state index is 0.548. The van der Waals surface area contributed by atoms with Gasteiger partial charge in [-0.15, -0.1) is 15.0 Å². The van der Waals surface area contributed by atoms with Gasteiger partial charge in [0.25, 0.3) is 0 Å². The van der Waals surface area contributed by atoms with E-state index in [-0.39, 0.29) is 0 Å². The van der Waals surface area contributed by atoms with E-state index in [4.69, 9.17) is 21.1 Å². The van der Waals surface area contributed by atoms with Gasteiger partial charge in [0.05, 0.1) is 37.3 Å². The first-order valence-corrected chi connectivity index (χ1v) is 10.8. The third kappa shape index (κ3) is 4.20. The van der Waals surface area contributed by atoms with Gasteiger partial charge in [0.15, 0.2) is 6.33 Å². The van der Waals surface area contributed by atoms with Crippen LogP contribution in [0.1, 0.15) is 5.56 Å². The first-order valence-electron chi connectivity index (χ1n) is 10.4.